The number of carbonyl (C=O) groups excluding carboxylic acids is 2. The number of amides is 2. The molecule has 4 rings (SSSR count). The van der Waals surface area contributed by atoms with Crippen LogP contribution in [-0.2, 0) is 16.0 Å². The summed E-state index contributed by atoms with van der Waals surface area (Å²) < 4.78 is 0. The zero-order valence-corrected chi connectivity index (χ0v) is 15.8. The molecule has 3 fully saturated rings. The van der Waals surface area contributed by atoms with E-state index in [0.717, 1.165) is 12.0 Å². The minimum absolute atomic E-state index is 0.0357. The van der Waals surface area contributed by atoms with Crippen LogP contribution in [0.1, 0.15) is 44.1 Å². The second kappa shape index (κ2) is 8.40. The molecule has 1 aliphatic carbocycles. The Balaban J connectivity index is 1.36. The number of piperazine rings is 1. The first-order valence-electron chi connectivity index (χ1n) is 10.3. The van der Waals surface area contributed by atoms with E-state index in [4.69, 9.17) is 0 Å². The highest BCUT2D eigenvalue weighted by Gasteiger charge is 2.38. The number of fused-ring (bicyclic) bond motifs is 1. The van der Waals surface area contributed by atoms with Crippen molar-refractivity contribution in [3.8, 4) is 0 Å². The predicted molar refractivity (Wildman–Crippen MR) is 104 cm³/mol. The average Bonchev–Trinajstić information content (AvgIpc) is 3.12. The Kier molecular flexibility index (Phi) is 5.74. The van der Waals surface area contributed by atoms with Gasteiger partial charge in [-0.2, -0.15) is 0 Å². The largest absolute Gasteiger partial charge is 0.353 e. The van der Waals surface area contributed by atoms with Gasteiger partial charge in [0.15, 0.2) is 0 Å². The maximum Gasteiger partial charge on any atom is 0.243 e. The predicted octanol–water partition coefficient (Wildman–Crippen LogP) is 1.37. The number of rotatable bonds is 5. The lowest BCUT2D eigenvalue weighted by atomic mass is 9.80. The molecule has 1 saturated carbocycles. The lowest BCUT2D eigenvalue weighted by Crippen LogP contribution is -2.58. The molecule has 6 nitrogen and oxygen atoms in total. The Morgan fingerprint density at radius 2 is 1.93 bits per heavy atom. The van der Waals surface area contributed by atoms with Crippen LogP contribution in [0.3, 0.4) is 0 Å². The third-order valence-corrected chi connectivity index (χ3v) is 6.38. The van der Waals surface area contributed by atoms with Gasteiger partial charge >= 0.3 is 0 Å². The number of hydrogen-bond acceptors (Lipinski definition) is 4. The summed E-state index contributed by atoms with van der Waals surface area (Å²) in [7, 11) is 0. The summed E-state index contributed by atoms with van der Waals surface area (Å²) in [6, 6.07) is 10.5. The summed E-state index contributed by atoms with van der Waals surface area (Å²) >= 11 is 0. The monoisotopic (exact) mass is 370 g/mol. The number of hydrazine groups is 1. The van der Waals surface area contributed by atoms with Crippen molar-refractivity contribution in [1.29, 1.82) is 0 Å². The van der Waals surface area contributed by atoms with E-state index < -0.39 is 6.04 Å². The van der Waals surface area contributed by atoms with Crippen molar-refractivity contribution in [2.75, 3.05) is 13.1 Å². The fraction of sp³-hybridized carbons (Fsp3) is 0.619. The van der Waals surface area contributed by atoms with Crippen molar-refractivity contribution in [3.63, 3.8) is 0 Å². The van der Waals surface area contributed by atoms with Gasteiger partial charge in [0.05, 0.1) is 0 Å². The van der Waals surface area contributed by atoms with Gasteiger partial charge in [0.2, 0.25) is 11.8 Å². The van der Waals surface area contributed by atoms with Gasteiger partial charge in [-0.25, -0.2) is 0 Å². The molecule has 4 unspecified atom stereocenters. The lowest BCUT2D eigenvalue weighted by Gasteiger charge is -2.35. The van der Waals surface area contributed by atoms with Crippen LogP contribution in [0.4, 0.5) is 0 Å². The quantitative estimate of drug-likeness (QED) is 0.732. The second-order valence-electron chi connectivity index (χ2n) is 8.07. The van der Waals surface area contributed by atoms with Crippen molar-refractivity contribution >= 4 is 11.8 Å². The van der Waals surface area contributed by atoms with Gasteiger partial charge in [0.1, 0.15) is 6.04 Å². The van der Waals surface area contributed by atoms with Gasteiger partial charge in [-0.1, -0.05) is 43.2 Å². The van der Waals surface area contributed by atoms with Crippen molar-refractivity contribution in [2.45, 2.75) is 63.1 Å². The minimum Gasteiger partial charge on any atom is -0.353 e. The normalized spacial score (nSPS) is 30.7. The molecule has 2 amide bonds. The smallest absolute Gasteiger partial charge is 0.243 e. The van der Waals surface area contributed by atoms with E-state index in [0.29, 0.717) is 43.9 Å². The van der Waals surface area contributed by atoms with Crippen molar-refractivity contribution < 1.29 is 9.59 Å². The van der Waals surface area contributed by atoms with Crippen LogP contribution in [0, 0.1) is 5.92 Å². The Morgan fingerprint density at radius 1 is 1.11 bits per heavy atom. The third-order valence-electron chi connectivity index (χ3n) is 6.38. The molecule has 146 valence electrons. The van der Waals surface area contributed by atoms with Crippen LogP contribution in [-0.4, -0.2) is 47.9 Å². The van der Waals surface area contributed by atoms with E-state index in [-0.39, 0.29) is 11.8 Å². The minimum atomic E-state index is -0.397. The topological polar surface area (TPSA) is 73.5 Å². The number of carbonyl (C=O) groups is 2. The molecule has 0 spiro atoms. The Bertz CT molecular complexity index is 665. The zero-order chi connectivity index (χ0) is 18.6. The Hall–Kier alpha value is -1.92. The van der Waals surface area contributed by atoms with Gasteiger partial charge < -0.3 is 10.2 Å². The van der Waals surface area contributed by atoms with Crippen LogP contribution < -0.4 is 16.2 Å². The summed E-state index contributed by atoms with van der Waals surface area (Å²) in [4.78, 5) is 27.2. The number of nitrogens with one attached hydrogen (secondary N) is 3. The summed E-state index contributed by atoms with van der Waals surface area (Å²) in [6.45, 7) is 1.15. The lowest BCUT2D eigenvalue weighted by molar-refractivity contribution is -0.143. The van der Waals surface area contributed by atoms with Crippen LogP contribution >= 0.6 is 0 Å². The molecule has 6 heteroatoms. The molecule has 0 aromatic heterocycles. The highest BCUT2D eigenvalue weighted by Crippen LogP contribution is 2.32. The van der Waals surface area contributed by atoms with Gasteiger partial charge in [-0.3, -0.25) is 20.4 Å². The van der Waals surface area contributed by atoms with Crippen molar-refractivity contribution in [3.05, 3.63) is 35.9 Å². The van der Waals surface area contributed by atoms with E-state index in [9.17, 15) is 9.59 Å². The summed E-state index contributed by atoms with van der Waals surface area (Å²) in [5, 5.41) is 2.92. The van der Waals surface area contributed by atoms with Crippen LogP contribution in [0.2, 0.25) is 0 Å². The highest BCUT2D eigenvalue weighted by molar-refractivity contribution is 5.89. The van der Waals surface area contributed by atoms with Crippen LogP contribution in [0.5, 0.6) is 0 Å². The molecule has 1 aromatic carbocycles. The van der Waals surface area contributed by atoms with Crippen LogP contribution in [0.25, 0.3) is 0 Å². The fourth-order valence-electron chi connectivity index (χ4n) is 4.90. The standard InChI is InChI=1S/C21H30N4O2/c26-20(11-10-18-16-8-4-5-9-17(16)23-24-18)25-13-12-22-21(27)19(25)14-15-6-2-1-3-7-15/h1-3,6-7,16-19,23-24H,4-5,8-14H2,(H,22,27). The molecule has 4 atom stereocenters. The van der Waals surface area contributed by atoms with E-state index >= 15 is 0 Å². The second-order valence-corrected chi connectivity index (χ2v) is 8.07. The zero-order valence-electron chi connectivity index (χ0n) is 15.8. The Morgan fingerprint density at radius 3 is 2.78 bits per heavy atom. The van der Waals surface area contributed by atoms with Gasteiger partial charge in [-0.15, -0.1) is 0 Å². The molecule has 2 aliphatic heterocycles. The van der Waals surface area contributed by atoms with Crippen molar-refractivity contribution in [2.24, 2.45) is 5.92 Å². The SMILES string of the molecule is O=C1NCCN(C(=O)CCC2NNC3CCCCC32)C1Cc1ccccc1. The molecule has 3 N–H and O–H groups in total. The van der Waals surface area contributed by atoms with E-state index in [1.807, 2.05) is 30.3 Å². The third kappa shape index (κ3) is 4.17. The molecular formula is C21H30N4O2. The first-order chi connectivity index (χ1) is 13.2. The summed E-state index contributed by atoms with van der Waals surface area (Å²) in [5.41, 5.74) is 7.93. The molecule has 0 radical (unpaired) electrons. The van der Waals surface area contributed by atoms with E-state index in [2.05, 4.69) is 16.2 Å². The molecule has 1 aromatic rings. The van der Waals surface area contributed by atoms with Crippen LogP contribution in [0.15, 0.2) is 30.3 Å². The molecule has 2 saturated heterocycles. The number of nitrogens with zero attached hydrogens (tertiary/aromatic N) is 1. The first kappa shape index (κ1) is 18.4. The molecular weight excluding hydrogens is 340 g/mol. The highest BCUT2D eigenvalue weighted by atomic mass is 16.2. The summed E-state index contributed by atoms with van der Waals surface area (Å²) in [5.74, 6) is 0.703. The molecule has 2 heterocycles. The van der Waals surface area contributed by atoms with Gasteiger partial charge in [0.25, 0.3) is 0 Å². The molecule has 3 aliphatic rings. The fourth-order valence-corrected chi connectivity index (χ4v) is 4.90. The molecule has 27 heavy (non-hydrogen) atoms. The average molecular weight is 370 g/mol. The van der Waals surface area contributed by atoms with Gasteiger partial charge in [0, 0.05) is 38.0 Å². The maximum absolute atomic E-state index is 13.0. The van der Waals surface area contributed by atoms with E-state index in [1.165, 1.54) is 25.7 Å². The maximum atomic E-state index is 13.0. The molecule has 0 bridgehead atoms. The first-order valence-corrected chi connectivity index (χ1v) is 10.3. The van der Waals surface area contributed by atoms with Crippen molar-refractivity contribution in [1.82, 2.24) is 21.1 Å². The van der Waals surface area contributed by atoms with Gasteiger partial charge in [-0.05, 0) is 30.7 Å². The van der Waals surface area contributed by atoms with E-state index in [1.54, 1.807) is 4.90 Å². The number of benzene rings is 1. The number of hydrogen-bond donors (Lipinski definition) is 3. The Labute approximate surface area is 161 Å². The summed E-state index contributed by atoms with van der Waals surface area (Å²) in [6.07, 6.45) is 6.97.